The summed E-state index contributed by atoms with van der Waals surface area (Å²) in [5.41, 5.74) is 0.826. The third-order valence-corrected chi connectivity index (χ3v) is 1.90. The maximum Gasteiger partial charge on any atom is 0.330 e. The maximum absolute atomic E-state index is 11.1. The Labute approximate surface area is 95.4 Å². The molecule has 0 atom stereocenters. The fourth-order valence-electron chi connectivity index (χ4n) is 1.17. The van der Waals surface area contributed by atoms with Gasteiger partial charge in [-0.3, -0.25) is 0 Å². The number of esters is 1. The number of ether oxygens (including phenoxy) is 1. The van der Waals surface area contributed by atoms with E-state index in [1.807, 2.05) is 38.1 Å². The molecule has 1 heterocycles. The Morgan fingerprint density at radius 1 is 1.50 bits per heavy atom. The van der Waals surface area contributed by atoms with Gasteiger partial charge in [0.05, 0.1) is 6.61 Å². The van der Waals surface area contributed by atoms with Crippen LogP contribution >= 0.6 is 0 Å². The number of carbonyl (C=O) groups excluding carboxylic acids is 1. The molecular weight excluding hydrogens is 204 g/mol. The van der Waals surface area contributed by atoms with Gasteiger partial charge in [0.25, 0.3) is 0 Å². The third-order valence-electron chi connectivity index (χ3n) is 1.90. The first-order chi connectivity index (χ1) is 7.61. The lowest BCUT2D eigenvalue weighted by Crippen LogP contribution is -1.99. The predicted molar refractivity (Wildman–Crippen MR) is 62.9 cm³/mol. The highest BCUT2D eigenvalue weighted by Gasteiger charge is 1.96. The molecule has 86 valence electrons. The Morgan fingerprint density at radius 3 is 2.81 bits per heavy atom. The van der Waals surface area contributed by atoms with Gasteiger partial charge >= 0.3 is 5.97 Å². The molecule has 0 radical (unpaired) electrons. The van der Waals surface area contributed by atoms with Crippen LogP contribution in [0.4, 0.5) is 0 Å². The van der Waals surface area contributed by atoms with Crippen LogP contribution in [0.3, 0.4) is 0 Å². The van der Waals surface area contributed by atoms with E-state index in [1.54, 1.807) is 6.92 Å². The van der Waals surface area contributed by atoms with Crippen molar-refractivity contribution in [2.45, 2.75) is 20.8 Å². The zero-order chi connectivity index (χ0) is 12.0. The van der Waals surface area contributed by atoms with E-state index >= 15 is 0 Å². The highest BCUT2D eigenvalue weighted by atomic mass is 16.5. The summed E-state index contributed by atoms with van der Waals surface area (Å²) in [6, 6.07) is 3.77. The van der Waals surface area contributed by atoms with Gasteiger partial charge in [0, 0.05) is 6.08 Å². The van der Waals surface area contributed by atoms with Crippen LogP contribution in [0.5, 0.6) is 0 Å². The number of furan rings is 1. The van der Waals surface area contributed by atoms with Gasteiger partial charge in [-0.1, -0.05) is 6.08 Å². The second-order valence-electron chi connectivity index (χ2n) is 3.42. The Morgan fingerprint density at radius 2 is 2.25 bits per heavy atom. The van der Waals surface area contributed by atoms with E-state index in [1.165, 1.54) is 6.08 Å². The van der Waals surface area contributed by atoms with E-state index in [2.05, 4.69) is 0 Å². The van der Waals surface area contributed by atoms with E-state index in [0.29, 0.717) is 6.61 Å². The maximum atomic E-state index is 11.1. The summed E-state index contributed by atoms with van der Waals surface area (Å²) in [6.07, 6.45) is 5.09. The van der Waals surface area contributed by atoms with Gasteiger partial charge in [-0.25, -0.2) is 4.79 Å². The molecule has 1 aromatic heterocycles. The quantitative estimate of drug-likeness (QED) is 0.444. The van der Waals surface area contributed by atoms with E-state index in [0.717, 1.165) is 17.1 Å². The molecule has 0 saturated heterocycles. The summed E-state index contributed by atoms with van der Waals surface area (Å²) in [7, 11) is 0. The van der Waals surface area contributed by atoms with Gasteiger partial charge in [0.15, 0.2) is 0 Å². The molecule has 3 heteroatoms. The normalized spacial score (nSPS) is 12.1. The van der Waals surface area contributed by atoms with Crippen LogP contribution in [-0.2, 0) is 9.53 Å². The molecule has 0 aliphatic carbocycles. The van der Waals surface area contributed by atoms with E-state index in [9.17, 15) is 4.79 Å². The monoisotopic (exact) mass is 220 g/mol. The van der Waals surface area contributed by atoms with Gasteiger partial charge in [0.1, 0.15) is 11.5 Å². The third kappa shape index (κ3) is 4.17. The van der Waals surface area contributed by atoms with Crippen LogP contribution in [0.15, 0.2) is 34.3 Å². The SMILES string of the molecule is CCOC(=O)/C=C(C)\C=C\c1ccc(C)o1. The lowest BCUT2D eigenvalue weighted by molar-refractivity contribution is -0.137. The van der Waals surface area contributed by atoms with Gasteiger partial charge in [-0.15, -0.1) is 0 Å². The lowest BCUT2D eigenvalue weighted by Gasteiger charge is -1.95. The minimum absolute atomic E-state index is 0.319. The zero-order valence-corrected chi connectivity index (χ0v) is 9.82. The molecule has 0 aliphatic rings. The van der Waals surface area contributed by atoms with E-state index < -0.39 is 0 Å². The molecule has 0 N–H and O–H groups in total. The van der Waals surface area contributed by atoms with Crippen LogP contribution in [0.25, 0.3) is 6.08 Å². The van der Waals surface area contributed by atoms with Crippen molar-refractivity contribution in [2.24, 2.45) is 0 Å². The van der Waals surface area contributed by atoms with Crippen molar-refractivity contribution in [3.05, 3.63) is 41.4 Å². The first-order valence-corrected chi connectivity index (χ1v) is 5.21. The molecule has 0 amide bonds. The van der Waals surface area contributed by atoms with Crippen molar-refractivity contribution in [2.75, 3.05) is 6.61 Å². The summed E-state index contributed by atoms with van der Waals surface area (Å²) >= 11 is 0. The van der Waals surface area contributed by atoms with Crippen molar-refractivity contribution in [1.82, 2.24) is 0 Å². The summed E-state index contributed by atoms with van der Waals surface area (Å²) < 4.78 is 10.2. The van der Waals surface area contributed by atoms with E-state index in [4.69, 9.17) is 9.15 Å². The minimum atomic E-state index is -0.319. The van der Waals surface area contributed by atoms with Crippen LogP contribution < -0.4 is 0 Å². The van der Waals surface area contributed by atoms with Crippen LogP contribution in [0.2, 0.25) is 0 Å². The highest BCUT2D eigenvalue weighted by Crippen LogP contribution is 2.09. The van der Waals surface area contributed by atoms with Gasteiger partial charge in [-0.2, -0.15) is 0 Å². The van der Waals surface area contributed by atoms with Crippen molar-refractivity contribution in [3.63, 3.8) is 0 Å². The van der Waals surface area contributed by atoms with Gasteiger partial charge < -0.3 is 9.15 Å². The molecule has 0 spiro atoms. The summed E-state index contributed by atoms with van der Waals surface area (Å²) in [5.74, 6) is 1.32. The van der Waals surface area contributed by atoms with Gasteiger partial charge in [-0.05, 0) is 44.6 Å². The van der Waals surface area contributed by atoms with Crippen molar-refractivity contribution in [3.8, 4) is 0 Å². The molecule has 0 fully saturated rings. The molecule has 0 unspecified atom stereocenters. The number of hydrogen-bond acceptors (Lipinski definition) is 3. The molecule has 1 aromatic rings. The molecule has 0 aromatic carbocycles. The molecule has 0 bridgehead atoms. The molecule has 0 aliphatic heterocycles. The first-order valence-electron chi connectivity index (χ1n) is 5.21. The summed E-state index contributed by atoms with van der Waals surface area (Å²) in [6.45, 7) is 5.90. The number of carbonyl (C=O) groups is 1. The second kappa shape index (κ2) is 5.95. The number of aryl methyl sites for hydroxylation is 1. The standard InChI is InChI=1S/C13H16O3/c1-4-15-13(14)9-10(2)5-7-12-8-6-11(3)16-12/h5-9H,4H2,1-3H3/b7-5+,10-9-. The topological polar surface area (TPSA) is 39.4 Å². The Balaban J connectivity index is 2.60. The summed E-state index contributed by atoms with van der Waals surface area (Å²) in [5, 5.41) is 0. The first kappa shape index (κ1) is 12.3. The second-order valence-corrected chi connectivity index (χ2v) is 3.42. The zero-order valence-electron chi connectivity index (χ0n) is 9.82. The fourth-order valence-corrected chi connectivity index (χ4v) is 1.17. The molecule has 3 nitrogen and oxygen atoms in total. The van der Waals surface area contributed by atoms with Crippen LogP contribution in [0.1, 0.15) is 25.4 Å². The molecule has 1 rings (SSSR count). The predicted octanol–water partition coefficient (Wildman–Crippen LogP) is 3.11. The summed E-state index contributed by atoms with van der Waals surface area (Å²) in [4.78, 5) is 11.1. The Bertz CT molecular complexity index is 411. The van der Waals surface area contributed by atoms with Crippen molar-refractivity contribution < 1.29 is 13.9 Å². The van der Waals surface area contributed by atoms with Crippen molar-refractivity contribution >= 4 is 12.0 Å². The Hall–Kier alpha value is -1.77. The molecule has 0 saturated carbocycles. The molecule has 16 heavy (non-hydrogen) atoms. The Kier molecular flexibility index (Phi) is 4.58. The van der Waals surface area contributed by atoms with Crippen LogP contribution in [0, 0.1) is 6.92 Å². The average Bonchev–Trinajstić information content (AvgIpc) is 2.61. The fraction of sp³-hybridized carbons (Fsp3) is 0.308. The minimum Gasteiger partial charge on any atom is -0.463 e. The van der Waals surface area contributed by atoms with E-state index in [-0.39, 0.29) is 5.97 Å². The average molecular weight is 220 g/mol. The molecular formula is C13H16O3. The number of hydrogen-bond donors (Lipinski definition) is 0. The van der Waals surface area contributed by atoms with Crippen LogP contribution in [-0.4, -0.2) is 12.6 Å². The largest absolute Gasteiger partial charge is 0.463 e. The number of rotatable bonds is 4. The van der Waals surface area contributed by atoms with Gasteiger partial charge in [0.2, 0.25) is 0 Å². The number of allylic oxidation sites excluding steroid dienone is 2. The lowest BCUT2D eigenvalue weighted by atomic mass is 10.2. The smallest absolute Gasteiger partial charge is 0.330 e. The van der Waals surface area contributed by atoms with Crippen molar-refractivity contribution in [1.29, 1.82) is 0 Å². The highest BCUT2D eigenvalue weighted by molar-refractivity contribution is 5.83.